The predicted octanol–water partition coefficient (Wildman–Crippen LogP) is 4.75. The van der Waals surface area contributed by atoms with Crippen LogP contribution in [0.4, 0.5) is 4.39 Å². The minimum absolute atomic E-state index is 0.179. The van der Waals surface area contributed by atoms with Crippen molar-refractivity contribution in [2.75, 3.05) is 12.3 Å². The zero-order chi connectivity index (χ0) is 14.5. The third-order valence-corrected chi connectivity index (χ3v) is 4.27. The van der Waals surface area contributed by atoms with E-state index in [0.717, 1.165) is 35.4 Å². The number of furan rings is 1. The normalized spacial score (nSPS) is 13.2. The van der Waals surface area contributed by atoms with E-state index in [-0.39, 0.29) is 11.9 Å². The van der Waals surface area contributed by atoms with Crippen LogP contribution in [0.1, 0.15) is 39.0 Å². The molecule has 0 saturated heterocycles. The highest BCUT2D eigenvalue weighted by molar-refractivity contribution is 7.99. The molecule has 0 aliphatic heterocycles. The van der Waals surface area contributed by atoms with Crippen LogP contribution in [0.15, 0.2) is 28.7 Å². The minimum Gasteiger partial charge on any atom is -0.459 e. The lowest BCUT2D eigenvalue weighted by atomic mass is 10.2. The molecule has 1 N–H and O–H groups in total. The summed E-state index contributed by atoms with van der Waals surface area (Å²) in [6.07, 6.45) is 1.08. The van der Waals surface area contributed by atoms with Crippen molar-refractivity contribution in [2.24, 2.45) is 0 Å². The van der Waals surface area contributed by atoms with Gasteiger partial charge >= 0.3 is 0 Å². The van der Waals surface area contributed by atoms with E-state index in [0.29, 0.717) is 5.25 Å². The molecule has 2 aromatic rings. The van der Waals surface area contributed by atoms with E-state index in [9.17, 15) is 4.39 Å². The summed E-state index contributed by atoms with van der Waals surface area (Å²) in [4.78, 5) is 0. The zero-order valence-electron chi connectivity index (χ0n) is 12.3. The van der Waals surface area contributed by atoms with Crippen molar-refractivity contribution in [3.05, 3.63) is 35.8 Å². The van der Waals surface area contributed by atoms with E-state index in [1.807, 2.05) is 17.8 Å². The van der Waals surface area contributed by atoms with E-state index in [2.05, 4.69) is 26.1 Å². The van der Waals surface area contributed by atoms with Crippen molar-refractivity contribution in [1.82, 2.24) is 5.32 Å². The molecule has 1 aromatic carbocycles. The van der Waals surface area contributed by atoms with Gasteiger partial charge in [0.2, 0.25) is 0 Å². The van der Waals surface area contributed by atoms with Gasteiger partial charge in [0.05, 0.1) is 6.04 Å². The molecule has 0 aliphatic carbocycles. The van der Waals surface area contributed by atoms with Gasteiger partial charge in [0.15, 0.2) is 0 Å². The molecule has 0 spiro atoms. The van der Waals surface area contributed by atoms with Gasteiger partial charge in [-0.2, -0.15) is 11.8 Å². The first-order valence-electron chi connectivity index (χ1n) is 7.14. The fourth-order valence-corrected chi connectivity index (χ4v) is 2.91. The summed E-state index contributed by atoms with van der Waals surface area (Å²) in [7, 11) is 0. The summed E-state index contributed by atoms with van der Waals surface area (Å²) in [6, 6.07) is 6.78. The molecule has 1 aromatic heterocycles. The van der Waals surface area contributed by atoms with Crippen LogP contribution in [0.3, 0.4) is 0 Å². The Morgan fingerprint density at radius 2 is 2.10 bits per heavy atom. The topological polar surface area (TPSA) is 25.2 Å². The Hall–Kier alpha value is -1.00. The van der Waals surface area contributed by atoms with Gasteiger partial charge in [0.25, 0.3) is 0 Å². The van der Waals surface area contributed by atoms with Gasteiger partial charge in [0.1, 0.15) is 17.2 Å². The van der Waals surface area contributed by atoms with Crippen LogP contribution in [0, 0.1) is 5.82 Å². The monoisotopic (exact) mass is 295 g/mol. The van der Waals surface area contributed by atoms with Crippen LogP contribution in [0.5, 0.6) is 0 Å². The molecule has 110 valence electrons. The quantitative estimate of drug-likeness (QED) is 0.797. The van der Waals surface area contributed by atoms with E-state index in [1.165, 1.54) is 12.1 Å². The van der Waals surface area contributed by atoms with E-state index in [4.69, 9.17) is 4.42 Å². The summed E-state index contributed by atoms with van der Waals surface area (Å²) < 4.78 is 19.1. The number of nitrogens with one attached hydrogen (secondary N) is 1. The molecule has 20 heavy (non-hydrogen) atoms. The SMILES string of the molecule is CCCNC(CSC(C)C)c1cc2cc(F)ccc2o1. The Morgan fingerprint density at radius 1 is 1.30 bits per heavy atom. The molecule has 0 radical (unpaired) electrons. The third-order valence-electron chi connectivity index (χ3n) is 3.08. The fraction of sp³-hybridized carbons (Fsp3) is 0.500. The first-order valence-corrected chi connectivity index (χ1v) is 8.19. The maximum absolute atomic E-state index is 13.2. The van der Waals surface area contributed by atoms with Crippen LogP contribution < -0.4 is 5.32 Å². The molecule has 0 bridgehead atoms. The van der Waals surface area contributed by atoms with Crippen molar-refractivity contribution >= 4 is 22.7 Å². The van der Waals surface area contributed by atoms with Gasteiger partial charge in [-0.15, -0.1) is 0 Å². The third kappa shape index (κ3) is 4.00. The van der Waals surface area contributed by atoms with Crippen molar-refractivity contribution < 1.29 is 8.81 Å². The lowest BCUT2D eigenvalue weighted by molar-refractivity contribution is 0.456. The van der Waals surface area contributed by atoms with Crippen LogP contribution in [0.25, 0.3) is 11.0 Å². The summed E-state index contributed by atoms with van der Waals surface area (Å²) in [6.45, 7) is 7.48. The van der Waals surface area contributed by atoms with Crippen LogP contribution >= 0.6 is 11.8 Å². The maximum atomic E-state index is 13.2. The highest BCUT2D eigenvalue weighted by Crippen LogP contribution is 2.27. The van der Waals surface area contributed by atoms with Gasteiger partial charge in [-0.1, -0.05) is 20.8 Å². The molecule has 2 nitrogen and oxygen atoms in total. The number of hydrogen-bond acceptors (Lipinski definition) is 3. The molecule has 0 aliphatic rings. The summed E-state index contributed by atoms with van der Waals surface area (Å²) in [5.41, 5.74) is 0.749. The predicted molar refractivity (Wildman–Crippen MR) is 84.8 cm³/mol. The molecule has 0 amide bonds. The first-order chi connectivity index (χ1) is 9.60. The Labute approximate surface area is 124 Å². The summed E-state index contributed by atoms with van der Waals surface area (Å²) in [5, 5.41) is 4.93. The van der Waals surface area contributed by atoms with Crippen LogP contribution in [0.2, 0.25) is 0 Å². The minimum atomic E-state index is -0.223. The molecule has 0 fully saturated rings. The van der Waals surface area contributed by atoms with Gasteiger partial charge < -0.3 is 9.73 Å². The lowest BCUT2D eigenvalue weighted by Gasteiger charge is -2.17. The van der Waals surface area contributed by atoms with Crippen LogP contribution in [-0.2, 0) is 0 Å². The Balaban J connectivity index is 2.20. The smallest absolute Gasteiger partial charge is 0.134 e. The number of hydrogen-bond donors (Lipinski definition) is 1. The van der Waals surface area contributed by atoms with E-state index >= 15 is 0 Å². The molecule has 2 rings (SSSR count). The van der Waals surface area contributed by atoms with E-state index in [1.54, 1.807) is 6.07 Å². The standard InChI is InChI=1S/C16H22FNOS/c1-4-7-18-14(10-20-11(2)3)16-9-12-8-13(17)5-6-15(12)19-16/h5-6,8-9,11,14,18H,4,7,10H2,1-3H3. The average Bonchev–Trinajstić information content (AvgIpc) is 2.81. The molecule has 1 unspecified atom stereocenters. The Morgan fingerprint density at radius 3 is 2.80 bits per heavy atom. The van der Waals surface area contributed by atoms with Crippen molar-refractivity contribution in [1.29, 1.82) is 0 Å². The second-order valence-corrected chi connectivity index (χ2v) is 6.83. The van der Waals surface area contributed by atoms with Crippen molar-refractivity contribution in [3.8, 4) is 0 Å². The van der Waals surface area contributed by atoms with Gasteiger partial charge in [-0.05, 0) is 42.5 Å². The number of benzene rings is 1. The maximum Gasteiger partial charge on any atom is 0.134 e. The highest BCUT2D eigenvalue weighted by atomic mass is 32.2. The molecule has 1 heterocycles. The largest absolute Gasteiger partial charge is 0.459 e. The Bertz CT molecular complexity index is 552. The molecular weight excluding hydrogens is 273 g/mol. The first kappa shape index (κ1) is 15.4. The second-order valence-electron chi connectivity index (χ2n) is 5.22. The van der Waals surface area contributed by atoms with Gasteiger partial charge in [-0.3, -0.25) is 0 Å². The highest BCUT2D eigenvalue weighted by Gasteiger charge is 2.16. The number of halogens is 1. The van der Waals surface area contributed by atoms with Gasteiger partial charge in [0, 0.05) is 11.1 Å². The van der Waals surface area contributed by atoms with Crippen molar-refractivity contribution in [2.45, 2.75) is 38.5 Å². The summed E-state index contributed by atoms with van der Waals surface area (Å²) >= 11 is 1.90. The zero-order valence-corrected chi connectivity index (χ0v) is 13.1. The molecule has 4 heteroatoms. The fourth-order valence-electron chi connectivity index (χ4n) is 2.06. The van der Waals surface area contributed by atoms with Crippen molar-refractivity contribution in [3.63, 3.8) is 0 Å². The number of fused-ring (bicyclic) bond motifs is 1. The van der Waals surface area contributed by atoms with Gasteiger partial charge in [-0.25, -0.2) is 4.39 Å². The van der Waals surface area contributed by atoms with Crippen LogP contribution in [-0.4, -0.2) is 17.5 Å². The Kier molecular flexibility index (Phi) is 5.49. The van der Waals surface area contributed by atoms with E-state index < -0.39 is 0 Å². The number of thioether (sulfide) groups is 1. The second kappa shape index (κ2) is 7.14. The molecular formula is C16H22FNOS. The molecule has 0 saturated carbocycles. The molecule has 1 atom stereocenters. The lowest BCUT2D eigenvalue weighted by Crippen LogP contribution is -2.24. The average molecular weight is 295 g/mol. The summed E-state index contributed by atoms with van der Waals surface area (Å²) in [5.74, 6) is 1.63. The number of rotatable bonds is 7.